The highest BCUT2D eigenvalue weighted by molar-refractivity contribution is 5.72. The summed E-state index contributed by atoms with van der Waals surface area (Å²) < 4.78 is 4.58. The lowest BCUT2D eigenvalue weighted by Gasteiger charge is -2.11. The normalized spacial score (nSPS) is 11.6. The molecule has 0 aliphatic rings. The number of esters is 1. The van der Waals surface area contributed by atoms with Gasteiger partial charge in [0.15, 0.2) is 0 Å². The summed E-state index contributed by atoms with van der Waals surface area (Å²) in [5.41, 5.74) is 0.767. The van der Waals surface area contributed by atoms with E-state index in [1.54, 1.807) is 19.1 Å². The summed E-state index contributed by atoms with van der Waals surface area (Å²) in [4.78, 5) is 21.1. The van der Waals surface area contributed by atoms with Gasteiger partial charge in [-0.2, -0.15) is 0 Å². The molecule has 1 N–H and O–H groups in total. The molecule has 0 spiro atoms. The molecule has 1 aromatic rings. The predicted molar refractivity (Wildman–Crippen MR) is 62.8 cm³/mol. The molecule has 0 radical (unpaired) electrons. The van der Waals surface area contributed by atoms with Gasteiger partial charge in [-0.3, -0.25) is 14.9 Å². The van der Waals surface area contributed by atoms with Gasteiger partial charge >= 0.3 is 5.97 Å². The summed E-state index contributed by atoms with van der Waals surface area (Å²) >= 11 is 0. The second-order valence-corrected chi connectivity index (χ2v) is 3.61. The Labute approximate surface area is 98.7 Å². The summed E-state index contributed by atoms with van der Waals surface area (Å²) in [5.74, 6) is -0.561. The van der Waals surface area contributed by atoms with Crippen LogP contribution in [0, 0.1) is 16.0 Å². The van der Waals surface area contributed by atoms with E-state index < -0.39 is 4.92 Å². The molecule has 0 saturated carbocycles. The first-order chi connectivity index (χ1) is 8.04. The van der Waals surface area contributed by atoms with Crippen molar-refractivity contribution in [1.82, 2.24) is 0 Å². The number of ether oxygens (including phenoxy) is 1. The SMILES string of the molecule is COC(=O)C(C)CNc1ccc([N+](=O)[O-])cc1. The van der Waals surface area contributed by atoms with E-state index in [4.69, 9.17) is 0 Å². The Morgan fingerprint density at radius 1 is 1.47 bits per heavy atom. The number of carbonyl (C=O) groups is 1. The van der Waals surface area contributed by atoms with Crippen molar-refractivity contribution in [3.8, 4) is 0 Å². The van der Waals surface area contributed by atoms with E-state index >= 15 is 0 Å². The van der Waals surface area contributed by atoms with E-state index in [2.05, 4.69) is 10.1 Å². The summed E-state index contributed by atoms with van der Waals surface area (Å²) in [5, 5.41) is 13.4. The molecule has 0 bridgehead atoms. The number of benzene rings is 1. The Hall–Kier alpha value is -2.11. The van der Waals surface area contributed by atoms with Crippen LogP contribution >= 0.6 is 0 Å². The molecule has 1 aromatic carbocycles. The van der Waals surface area contributed by atoms with Gasteiger partial charge in [-0.05, 0) is 12.1 Å². The van der Waals surface area contributed by atoms with Gasteiger partial charge in [0.2, 0.25) is 0 Å². The van der Waals surface area contributed by atoms with Crippen LogP contribution in [-0.2, 0) is 9.53 Å². The number of nitro benzene ring substituents is 1. The van der Waals surface area contributed by atoms with E-state index in [1.807, 2.05) is 0 Å². The van der Waals surface area contributed by atoms with Crippen LogP contribution in [0.1, 0.15) is 6.92 Å². The van der Waals surface area contributed by atoms with Crippen LogP contribution in [0.2, 0.25) is 0 Å². The molecular formula is C11H14N2O4. The molecule has 92 valence electrons. The predicted octanol–water partition coefficient (Wildman–Crippen LogP) is 1.82. The van der Waals surface area contributed by atoms with E-state index in [9.17, 15) is 14.9 Å². The van der Waals surface area contributed by atoms with E-state index in [0.29, 0.717) is 6.54 Å². The smallest absolute Gasteiger partial charge is 0.310 e. The fourth-order valence-electron chi connectivity index (χ4n) is 1.26. The minimum atomic E-state index is -0.457. The lowest BCUT2D eigenvalue weighted by Crippen LogP contribution is -2.21. The maximum absolute atomic E-state index is 11.1. The van der Waals surface area contributed by atoms with Gasteiger partial charge in [0.25, 0.3) is 5.69 Å². The molecule has 17 heavy (non-hydrogen) atoms. The summed E-state index contributed by atoms with van der Waals surface area (Å²) in [6, 6.07) is 6.01. The van der Waals surface area contributed by atoms with Crippen LogP contribution in [0.25, 0.3) is 0 Å². The monoisotopic (exact) mass is 238 g/mol. The van der Waals surface area contributed by atoms with Gasteiger partial charge < -0.3 is 10.1 Å². The van der Waals surface area contributed by atoms with Crippen LogP contribution in [0.5, 0.6) is 0 Å². The number of hydrogen-bond donors (Lipinski definition) is 1. The highest BCUT2D eigenvalue weighted by Crippen LogP contribution is 2.15. The van der Waals surface area contributed by atoms with Crippen LogP contribution in [0.15, 0.2) is 24.3 Å². The van der Waals surface area contributed by atoms with Crippen LogP contribution in [0.4, 0.5) is 11.4 Å². The minimum Gasteiger partial charge on any atom is -0.469 e. The average Bonchev–Trinajstić information content (AvgIpc) is 2.35. The Morgan fingerprint density at radius 2 is 2.06 bits per heavy atom. The van der Waals surface area contributed by atoms with Crippen LogP contribution in [0.3, 0.4) is 0 Å². The third-order valence-electron chi connectivity index (χ3n) is 2.29. The molecule has 0 aliphatic carbocycles. The molecule has 1 atom stereocenters. The zero-order valence-electron chi connectivity index (χ0n) is 9.67. The average molecular weight is 238 g/mol. The Morgan fingerprint density at radius 3 is 2.53 bits per heavy atom. The molecule has 0 aliphatic heterocycles. The fourth-order valence-corrected chi connectivity index (χ4v) is 1.26. The second kappa shape index (κ2) is 5.83. The van der Waals surface area contributed by atoms with Gasteiger partial charge in [0, 0.05) is 24.4 Å². The molecule has 6 heteroatoms. The quantitative estimate of drug-likeness (QED) is 0.480. The molecular weight excluding hydrogens is 224 g/mol. The summed E-state index contributed by atoms with van der Waals surface area (Å²) in [6.07, 6.45) is 0. The molecule has 0 heterocycles. The van der Waals surface area contributed by atoms with Gasteiger partial charge in [-0.25, -0.2) is 0 Å². The molecule has 6 nitrogen and oxygen atoms in total. The lowest BCUT2D eigenvalue weighted by atomic mass is 10.2. The highest BCUT2D eigenvalue weighted by atomic mass is 16.6. The minimum absolute atomic E-state index is 0.0385. The van der Waals surface area contributed by atoms with Crippen LogP contribution in [-0.4, -0.2) is 24.5 Å². The number of anilines is 1. The number of nitro groups is 1. The van der Waals surface area contributed by atoms with Gasteiger partial charge in [-0.1, -0.05) is 6.92 Å². The van der Waals surface area contributed by atoms with Crippen molar-refractivity contribution < 1.29 is 14.5 Å². The van der Waals surface area contributed by atoms with Crippen molar-refractivity contribution in [3.05, 3.63) is 34.4 Å². The number of nitrogens with zero attached hydrogens (tertiary/aromatic N) is 1. The van der Waals surface area contributed by atoms with Crippen molar-refractivity contribution in [2.45, 2.75) is 6.92 Å². The van der Waals surface area contributed by atoms with Crippen molar-refractivity contribution >= 4 is 17.3 Å². The maximum Gasteiger partial charge on any atom is 0.310 e. The van der Waals surface area contributed by atoms with Crippen molar-refractivity contribution in [3.63, 3.8) is 0 Å². The van der Waals surface area contributed by atoms with Gasteiger partial charge in [0.05, 0.1) is 18.0 Å². The molecule has 0 saturated heterocycles. The lowest BCUT2D eigenvalue weighted by molar-refractivity contribution is -0.384. The first-order valence-corrected chi connectivity index (χ1v) is 5.10. The van der Waals surface area contributed by atoms with Gasteiger partial charge in [0.1, 0.15) is 0 Å². The zero-order chi connectivity index (χ0) is 12.8. The zero-order valence-corrected chi connectivity index (χ0v) is 9.67. The van der Waals surface area contributed by atoms with Gasteiger partial charge in [-0.15, -0.1) is 0 Å². The number of rotatable bonds is 5. The van der Waals surface area contributed by atoms with E-state index in [1.165, 1.54) is 19.2 Å². The third kappa shape index (κ3) is 3.75. The van der Waals surface area contributed by atoms with E-state index in [0.717, 1.165) is 5.69 Å². The van der Waals surface area contributed by atoms with Crippen LogP contribution < -0.4 is 5.32 Å². The first kappa shape index (κ1) is 13.0. The Kier molecular flexibility index (Phi) is 4.45. The Bertz CT molecular complexity index is 402. The highest BCUT2D eigenvalue weighted by Gasteiger charge is 2.12. The Balaban J connectivity index is 2.53. The van der Waals surface area contributed by atoms with E-state index in [-0.39, 0.29) is 17.6 Å². The second-order valence-electron chi connectivity index (χ2n) is 3.61. The first-order valence-electron chi connectivity index (χ1n) is 5.10. The third-order valence-corrected chi connectivity index (χ3v) is 2.29. The van der Waals surface area contributed by atoms with Crippen molar-refractivity contribution in [2.75, 3.05) is 19.0 Å². The number of carbonyl (C=O) groups excluding carboxylic acids is 1. The molecule has 0 aromatic heterocycles. The standard InChI is InChI=1S/C11H14N2O4/c1-8(11(14)17-2)7-12-9-3-5-10(6-4-9)13(15)16/h3-6,8,12H,7H2,1-2H3. The molecule has 0 fully saturated rings. The molecule has 1 unspecified atom stereocenters. The topological polar surface area (TPSA) is 81.5 Å². The number of non-ortho nitro benzene ring substituents is 1. The number of hydrogen-bond acceptors (Lipinski definition) is 5. The largest absolute Gasteiger partial charge is 0.469 e. The fraction of sp³-hybridized carbons (Fsp3) is 0.364. The van der Waals surface area contributed by atoms with Crippen molar-refractivity contribution in [1.29, 1.82) is 0 Å². The number of methoxy groups -OCH3 is 1. The van der Waals surface area contributed by atoms with Crippen molar-refractivity contribution in [2.24, 2.45) is 5.92 Å². The molecule has 1 rings (SSSR count). The maximum atomic E-state index is 11.1. The number of nitrogens with one attached hydrogen (secondary N) is 1. The summed E-state index contributed by atoms with van der Waals surface area (Å²) in [7, 11) is 1.34. The molecule has 0 amide bonds. The summed E-state index contributed by atoms with van der Waals surface area (Å²) in [6.45, 7) is 2.16.